The van der Waals surface area contributed by atoms with Crippen molar-refractivity contribution in [3.05, 3.63) is 18.2 Å². The Kier molecular flexibility index (Phi) is 3.29. The summed E-state index contributed by atoms with van der Waals surface area (Å²) >= 11 is 0. The van der Waals surface area contributed by atoms with Crippen LogP contribution in [0.25, 0.3) is 0 Å². The van der Waals surface area contributed by atoms with Gasteiger partial charge in [-0.25, -0.2) is 4.98 Å². The molecule has 0 aliphatic rings. The van der Waals surface area contributed by atoms with Gasteiger partial charge in [0.25, 0.3) is 0 Å². The van der Waals surface area contributed by atoms with Crippen molar-refractivity contribution < 1.29 is 0 Å². The molecule has 2 N–H and O–H groups in total. The molecule has 0 aromatic carbocycles. The van der Waals surface area contributed by atoms with Crippen molar-refractivity contribution >= 4 is 0 Å². The van der Waals surface area contributed by atoms with E-state index in [-0.39, 0.29) is 0 Å². The standard InChI is InChI=1S/C9H17N3/c1-3-8(5-10)12-7-11-6-9(12)4-2/h6-8H,3-5,10H2,1-2H3. The number of hydrogen-bond donors (Lipinski definition) is 1. The first-order valence-corrected chi connectivity index (χ1v) is 4.54. The summed E-state index contributed by atoms with van der Waals surface area (Å²) in [5.74, 6) is 0. The minimum absolute atomic E-state index is 0.419. The summed E-state index contributed by atoms with van der Waals surface area (Å²) in [6.45, 7) is 4.98. The molecule has 1 aromatic rings. The summed E-state index contributed by atoms with van der Waals surface area (Å²) in [5, 5.41) is 0. The fourth-order valence-electron chi connectivity index (χ4n) is 1.41. The smallest absolute Gasteiger partial charge is 0.0951 e. The molecule has 0 saturated heterocycles. The van der Waals surface area contributed by atoms with Gasteiger partial charge in [0.15, 0.2) is 0 Å². The van der Waals surface area contributed by atoms with E-state index in [9.17, 15) is 0 Å². The van der Waals surface area contributed by atoms with Crippen LogP contribution in [-0.4, -0.2) is 16.1 Å². The topological polar surface area (TPSA) is 43.8 Å². The molecule has 0 radical (unpaired) electrons. The highest BCUT2D eigenvalue weighted by atomic mass is 15.1. The van der Waals surface area contributed by atoms with E-state index in [2.05, 4.69) is 23.4 Å². The Morgan fingerprint density at radius 2 is 2.33 bits per heavy atom. The molecule has 12 heavy (non-hydrogen) atoms. The third-order valence-electron chi connectivity index (χ3n) is 2.25. The van der Waals surface area contributed by atoms with Gasteiger partial charge in [0.05, 0.1) is 6.33 Å². The first kappa shape index (κ1) is 9.26. The molecule has 0 fully saturated rings. The van der Waals surface area contributed by atoms with Gasteiger partial charge >= 0.3 is 0 Å². The zero-order chi connectivity index (χ0) is 8.97. The Labute approximate surface area is 73.6 Å². The van der Waals surface area contributed by atoms with Crippen LogP contribution in [-0.2, 0) is 6.42 Å². The summed E-state index contributed by atoms with van der Waals surface area (Å²) in [6, 6.07) is 0.419. The van der Waals surface area contributed by atoms with E-state index in [0.717, 1.165) is 12.8 Å². The molecule has 1 aromatic heterocycles. The van der Waals surface area contributed by atoms with Crippen molar-refractivity contribution in [3.63, 3.8) is 0 Å². The van der Waals surface area contributed by atoms with Crippen LogP contribution in [0, 0.1) is 0 Å². The SMILES string of the molecule is CCc1cncn1C(CC)CN. The van der Waals surface area contributed by atoms with Gasteiger partial charge in [-0.2, -0.15) is 0 Å². The van der Waals surface area contributed by atoms with Gasteiger partial charge in [0.1, 0.15) is 0 Å². The maximum atomic E-state index is 5.65. The summed E-state index contributed by atoms with van der Waals surface area (Å²) in [4.78, 5) is 4.12. The van der Waals surface area contributed by atoms with E-state index in [1.165, 1.54) is 5.69 Å². The van der Waals surface area contributed by atoms with Gasteiger partial charge in [-0.3, -0.25) is 0 Å². The molecule has 0 spiro atoms. The number of aromatic nitrogens is 2. The van der Waals surface area contributed by atoms with Crippen molar-refractivity contribution in [2.75, 3.05) is 6.54 Å². The molecule has 0 amide bonds. The lowest BCUT2D eigenvalue weighted by Crippen LogP contribution is -2.19. The Hall–Kier alpha value is -0.830. The van der Waals surface area contributed by atoms with Crippen LogP contribution in [0.1, 0.15) is 32.0 Å². The molecule has 1 rings (SSSR count). The van der Waals surface area contributed by atoms with Crippen LogP contribution in [0.2, 0.25) is 0 Å². The second-order valence-electron chi connectivity index (χ2n) is 2.94. The predicted molar refractivity (Wildman–Crippen MR) is 50.0 cm³/mol. The highest BCUT2D eigenvalue weighted by Crippen LogP contribution is 2.12. The van der Waals surface area contributed by atoms with Gasteiger partial charge in [0, 0.05) is 24.5 Å². The second-order valence-corrected chi connectivity index (χ2v) is 2.94. The summed E-state index contributed by atoms with van der Waals surface area (Å²) in [6.07, 6.45) is 5.88. The number of nitrogens with zero attached hydrogens (tertiary/aromatic N) is 2. The highest BCUT2D eigenvalue weighted by Gasteiger charge is 2.08. The lowest BCUT2D eigenvalue weighted by atomic mass is 10.2. The quantitative estimate of drug-likeness (QED) is 0.735. The molecule has 0 saturated carbocycles. The average molecular weight is 167 g/mol. The van der Waals surface area contributed by atoms with Crippen molar-refractivity contribution in [2.24, 2.45) is 5.73 Å². The summed E-state index contributed by atoms with van der Waals surface area (Å²) in [7, 11) is 0. The normalized spacial score (nSPS) is 13.2. The third-order valence-corrected chi connectivity index (χ3v) is 2.25. The molecule has 1 heterocycles. The Morgan fingerprint density at radius 1 is 1.58 bits per heavy atom. The summed E-state index contributed by atoms with van der Waals surface area (Å²) < 4.78 is 2.18. The van der Waals surface area contributed by atoms with Gasteiger partial charge < -0.3 is 10.3 Å². The largest absolute Gasteiger partial charge is 0.330 e. The average Bonchev–Trinajstić information content (AvgIpc) is 2.55. The lowest BCUT2D eigenvalue weighted by Gasteiger charge is -2.16. The number of hydrogen-bond acceptors (Lipinski definition) is 2. The molecule has 0 aliphatic carbocycles. The zero-order valence-corrected chi connectivity index (χ0v) is 7.83. The molecule has 0 aliphatic heterocycles. The van der Waals surface area contributed by atoms with Gasteiger partial charge in [-0.1, -0.05) is 13.8 Å². The Morgan fingerprint density at radius 3 is 2.83 bits per heavy atom. The van der Waals surface area contributed by atoms with Gasteiger partial charge in [-0.05, 0) is 12.8 Å². The molecule has 3 heteroatoms. The molecule has 1 atom stereocenters. The van der Waals surface area contributed by atoms with E-state index in [1.54, 1.807) is 0 Å². The summed E-state index contributed by atoms with van der Waals surface area (Å²) in [5.41, 5.74) is 6.92. The van der Waals surface area contributed by atoms with E-state index in [0.29, 0.717) is 12.6 Å². The Bertz CT molecular complexity index is 225. The van der Waals surface area contributed by atoms with Crippen LogP contribution in [0.5, 0.6) is 0 Å². The fourth-order valence-corrected chi connectivity index (χ4v) is 1.41. The third kappa shape index (κ3) is 1.67. The lowest BCUT2D eigenvalue weighted by molar-refractivity contribution is 0.482. The van der Waals surface area contributed by atoms with Crippen LogP contribution < -0.4 is 5.73 Å². The van der Waals surface area contributed by atoms with Crippen molar-refractivity contribution in [1.82, 2.24) is 9.55 Å². The van der Waals surface area contributed by atoms with Gasteiger partial charge in [0.2, 0.25) is 0 Å². The first-order valence-electron chi connectivity index (χ1n) is 4.54. The molecule has 3 nitrogen and oxygen atoms in total. The van der Waals surface area contributed by atoms with Crippen LogP contribution in [0.3, 0.4) is 0 Å². The maximum Gasteiger partial charge on any atom is 0.0951 e. The van der Waals surface area contributed by atoms with Crippen molar-refractivity contribution in [3.8, 4) is 0 Å². The molecule has 1 unspecified atom stereocenters. The Balaban J connectivity index is 2.83. The number of imidazole rings is 1. The number of rotatable bonds is 4. The monoisotopic (exact) mass is 167 g/mol. The minimum Gasteiger partial charge on any atom is -0.330 e. The first-order chi connectivity index (χ1) is 5.83. The molecule has 68 valence electrons. The molecule has 0 bridgehead atoms. The van der Waals surface area contributed by atoms with Crippen LogP contribution >= 0.6 is 0 Å². The van der Waals surface area contributed by atoms with Crippen molar-refractivity contribution in [2.45, 2.75) is 32.7 Å². The zero-order valence-electron chi connectivity index (χ0n) is 7.83. The number of nitrogens with two attached hydrogens (primary N) is 1. The maximum absolute atomic E-state index is 5.65. The van der Waals surface area contributed by atoms with E-state index < -0.39 is 0 Å². The van der Waals surface area contributed by atoms with Gasteiger partial charge in [-0.15, -0.1) is 0 Å². The van der Waals surface area contributed by atoms with Crippen molar-refractivity contribution in [1.29, 1.82) is 0 Å². The fraction of sp³-hybridized carbons (Fsp3) is 0.667. The molecular weight excluding hydrogens is 150 g/mol. The molecular formula is C9H17N3. The van der Waals surface area contributed by atoms with E-state index >= 15 is 0 Å². The predicted octanol–water partition coefficient (Wildman–Crippen LogP) is 1.36. The van der Waals surface area contributed by atoms with Crippen LogP contribution in [0.4, 0.5) is 0 Å². The minimum atomic E-state index is 0.419. The van der Waals surface area contributed by atoms with E-state index in [4.69, 9.17) is 5.73 Å². The highest BCUT2D eigenvalue weighted by molar-refractivity contribution is 4.99. The van der Waals surface area contributed by atoms with E-state index in [1.807, 2.05) is 12.5 Å². The second kappa shape index (κ2) is 4.26. The number of aryl methyl sites for hydroxylation is 1. The van der Waals surface area contributed by atoms with Crippen LogP contribution in [0.15, 0.2) is 12.5 Å².